The maximum absolute atomic E-state index is 4.06. The number of fused-ring (bicyclic) bond motifs is 1. The minimum absolute atomic E-state index is 0.453. The summed E-state index contributed by atoms with van der Waals surface area (Å²) in [6.45, 7) is 2.94. The zero-order valence-electron chi connectivity index (χ0n) is 10.4. The van der Waals surface area contributed by atoms with Crippen molar-refractivity contribution in [1.29, 1.82) is 0 Å². The van der Waals surface area contributed by atoms with Crippen LogP contribution in [0.1, 0.15) is 28.4 Å². The van der Waals surface area contributed by atoms with E-state index in [1.807, 2.05) is 18.0 Å². The third-order valence-electron chi connectivity index (χ3n) is 3.45. The first-order valence-electron chi connectivity index (χ1n) is 6.22. The highest BCUT2D eigenvalue weighted by Gasteiger charge is 2.19. The summed E-state index contributed by atoms with van der Waals surface area (Å²) >= 11 is 2.00. The maximum atomic E-state index is 4.06. The second kappa shape index (κ2) is 5.16. The van der Waals surface area contributed by atoms with Crippen molar-refractivity contribution in [2.75, 3.05) is 5.75 Å². The fourth-order valence-electron chi connectivity index (χ4n) is 2.34. The van der Waals surface area contributed by atoms with Crippen molar-refractivity contribution in [3.63, 3.8) is 0 Å². The first-order chi connectivity index (χ1) is 8.84. The van der Waals surface area contributed by atoms with E-state index in [0.717, 1.165) is 23.7 Å². The van der Waals surface area contributed by atoms with Gasteiger partial charge in [0.1, 0.15) is 0 Å². The third kappa shape index (κ3) is 2.31. The first-order valence-corrected chi connectivity index (χ1v) is 7.38. The molecule has 0 spiro atoms. The number of aromatic amines is 1. The van der Waals surface area contributed by atoms with Gasteiger partial charge in [0.25, 0.3) is 0 Å². The molecule has 3 nitrogen and oxygen atoms in total. The van der Waals surface area contributed by atoms with Crippen LogP contribution in [0.25, 0.3) is 0 Å². The largest absolute Gasteiger partial charge is 0.305 e. The number of benzene rings is 1. The Morgan fingerprint density at radius 2 is 2.33 bits per heavy atom. The van der Waals surface area contributed by atoms with E-state index in [9.17, 15) is 0 Å². The molecule has 0 fully saturated rings. The van der Waals surface area contributed by atoms with Crippen molar-refractivity contribution in [3.05, 3.63) is 52.8 Å². The molecule has 0 amide bonds. The minimum Gasteiger partial charge on any atom is -0.305 e. The Morgan fingerprint density at radius 3 is 3.17 bits per heavy atom. The molecule has 2 N–H and O–H groups in total. The molecule has 4 heteroatoms. The Kier molecular flexibility index (Phi) is 3.39. The van der Waals surface area contributed by atoms with E-state index in [4.69, 9.17) is 0 Å². The highest BCUT2D eigenvalue weighted by molar-refractivity contribution is 7.98. The fraction of sp³-hybridized carbons (Fsp3) is 0.357. The van der Waals surface area contributed by atoms with Gasteiger partial charge in [0.2, 0.25) is 0 Å². The van der Waals surface area contributed by atoms with Gasteiger partial charge in [0.05, 0.1) is 6.20 Å². The molecule has 94 valence electrons. The predicted octanol–water partition coefficient (Wildman–Crippen LogP) is 2.80. The molecule has 1 atom stereocenters. The summed E-state index contributed by atoms with van der Waals surface area (Å²) < 4.78 is 0. The molecule has 2 heterocycles. The lowest BCUT2D eigenvalue weighted by atomic mass is 10.0. The normalized spacial score (nSPS) is 18.6. The van der Waals surface area contributed by atoms with Crippen LogP contribution in [0.4, 0.5) is 0 Å². The Bertz CT molecular complexity index is 535. The smallest absolute Gasteiger partial charge is 0.0535 e. The van der Waals surface area contributed by atoms with Crippen molar-refractivity contribution in [2.24, 2.45) is 0 Å². The number of rotatable bonds is 3. The van der Waals surface area contributed by atoms with E-state index in [2.05, 4.69) is 46.7 Å². The number of H-pyrrole nitrogens is 1. The number of aromatic nitrogens is 2. The number of hydrogen-bond donors (Lipinski definition) is 2. The Balaban J connectivity index is 1.73. The highest BCUT2D eigenvalue weighted by atomic mass is 32.2. The molecule has 3 rings (SSSR count). The quantitative estimate of drug-likeness (QED) is 0.890. The summed E-state index contributed by atoms with van der Waals surface area (Å²) in [5.41, 5.74) is 5.33. The average Bonchev–Trinajstić information content (AvgIpc) is 2.82. The van der Waals surface area contributed by atoms with Gasteiger partial charge in [-0.1, -0.05) is 24.3 Å². The summed E-state index contributed by atoms with van der Waals surface area (Å²) in [7, 11) is 0. The molecule has 1 unspecified atom stereocenters. The second-order valence-corrected chi connectivity index (χ2v) is 5.70. The summed E-state index contributed by atoms with van der Waals surface area (Å²) in [5.74, 6) is 2.28. The van der Waals surface area contributed by atoms with Crippen molar-refractivity contribution in [2.45, 2.75) is 25.3 Å². The van der Waals surface area contributed by atoms with Crippen molar-refractivity contribution < 1.29 is 0 Å². The third-order valence-corrected chi connectivity index (χ3v) is 4.53. The monoisotopic (exact) mass is 259 g/mol. The van der Waals surface area contributed by atoms with Crippen LogP contribution < -0.4 is 5.32 Å². The molecular formula is C14H17N3S. The van der Waals surface area contributed by atoms with E-state index in [-0.39, 0.29) is 0 Å². The van der Waals surface area contributed by atoms with Gasteiger partial charge in [-0.2, -0.15) is 16.9 Å². The average molecular weight is 259 g/mol. The van der Waals surface area contributed by atoms with E-state index in [1.165, 1.54) is 16.7 Å². The predicted molar refractivity (Wildman–Crippen MR) is 75.5 cm³/mol. The molecular weight excluding hydrogens is 242 g/mol. The lowest BCUT2D eigenvalue weighted by Crippen LogP contribution is -2.26. The summed E-state index contributed by atoms with van der Waals surface area (Å²) in [5, 5.41) is 10.7. The molecule has 1 aromatic heterocycles. The molecule has 1 aromatic carbocycles. The van der Waals surface area contributed by atoms with Crippen LogP contribution in [0.3, 0.4) is 0 Å². The lowest BCUT2D eigenvalue weighted by molar-refractivity contribution is 0.574. The van der Waals surface area contributed by atoms with Crippen LogP contribution in [-0.2, 0) is 12.3 Å². The maximum Gasteiger partial charge on any atom is 0.0535 e. The van der Waals surface area contributed by atoms with Crippen molar-refractivity contribution in [1.82, 2.24) is 15.5 Å². The van der Waals surface area contributed by atoms with Gasteiger partial charge in [0, 0.05) is 35.3 Å². The molecule has 2 aromatic rings. The minimum atomic E-state index is 0.453. The Morgan fingerprint density at radius 1 is 1.44 bits per heavy atom. The van der Waals surface area contributed by atoms with Gasteiger partial charge >= 0.3 is 0 Å². The van der Waals surface area contributed by atoms with E-state index < -0.39 is 0 Å². The molecule has 0 bridgehead atoms. The lowest BCUT2D eigenvalue weighted by Gasteiger charge is -2.26. The van der Waals surface area contributed by atoms with Gasteiger partial charge in [-0.15, -0.1) is 0 Å². The summed E-state index contributed by atoms with van der Waals surface area (Å²) in [4.78, 5) is 0. The van der Waals surface area contributed by atoms with Crippen LogP contribution in [0.5, 0.6) is 0 Å². The van der Waals surface area contributed by atoms with Crippen LogP contribution in [0.2, 0.25) is 0 Å². The molecule has 1 aliphatic rings. The van der Waals surface area contributed by atoms with Crippen molar-refractivity contribution in [3.8, 4) is 0 Å². The number of nitrogens with one attached hydrogen (secondary N) is 2. The number of hydrogen-bond acceptors (Lipinski definition) is 3. The van der Waals surface area contributed by atoms with E-state index in [1.54, 1.807) is 0 Å². The first kappa shape index (κ1) is 11.8. The van der Waals surface area contributed by atoms with E-state index in [0.29, 0.717) is 6.04 Å². The van der Waals surface area contributed by atoms with Gasteiger partial charge in [0.15, 0.2) is 0 Å². The SMILES string of the molecule is Cc1[nH]ncc1CNC1CSCc2ccccc21. The highest BCUT2D eigenvalue weighted by Crippen LogP contribution is 2.31. The Hall–Kier alpha value is -1.26. The standard InChI is InChI=1S/C14H17N3S/c1-10-12(7-16-17-10)6-15-14-9-18-8-11-4-2-3-5-13(11)14/h2-5,7,14-15H,6,8-9H2,1H3,(H,16,17). The van der Waals surface area contributed by atoms with Gasteiger partial charge in [-0.3, -0.25) is 5.10 Å². The van der Waals surface area contributed by atoms with Gasteiger partial charge in [-0.05, 0) is 18.1 Å². The van der Waals surface area contributed by atoms with Crippen molar-refractivity contribution >= 4 is 11.8 Å². The zero-order chi connectivity index (χ0) is 12.4. The molecule has 1 aliphatic heterocycles. The number of thioether (sulfide) groups is 1. The van der Waals surface area contributed by atoms with Gasteiger partial charge < -0.3 is 5.32 Å². The second-order valence-electron chi connectivity index (χ2n) is 4.67. The van der Waals surface area contributed by atoms with Crippen LogP contribution in [0, 0.1) is 6.92 Å². The van der Waals surface area contributed by atoms with Crippen LogP contribution in [0.15, 0.2) is 30.5 Å². The molecule has 18 heavy (non-hydrogen) atoms. The summed E-state index contributed by atoms with van der Waals surface area (Å²) in [6, 6.07) is 9.19. The molecule has 0 saturated carbocycles. The van der Waals surface area contributed by atoms with Crippen LogP contribution >= 0.6 is 11.8 Å². The number of aryl methyl sites for hydroxylation is 1. The molecule has 0 aliphatic carbocycles. The molecule has 0 saturated heterocycles. The Labute approximate surface area is 111 Å². The van der Waals surface area contributed by atoms with Gasteiger partial charge in [-0.25, -0.2) is 0 Å². The zero-order valence-corrected chi connectivity index (χ0v) is 11.3. The number of nitrogens with zero attached hydrogens (tertiary/aromatic N) is 1. The van der Waals surface area contributed by atoms with Crippen LogP contribution in [-0.4, -0.2) is 16.0 Å². The fourth-order valence-corrected chi connectivity index (χ4v) is 3.47. The molecule has 0 radical (unpaired) electrons. The topological polar surface area (TPSA) is 40.7 Å². The summed E-state index contributed by atoms with van der Waals surface area (Å²) in [6.07, 6.45) is 1.91. The van der Waals surface area contributed by atoms with E-state index >= 15 is 0 Å².